The quantitative estimate of drug-likeness (QED) is 0.159. The molecule has 0 radical (unpaired) electrons. The molecule has 1 aliphatic heterocycles. The van der Waals surface area contributed by atoms with Crippen molar-refractivity contribution in [3.8, 4) is 11.5 Å². The van der Waals surface area contributed by atoms with Gasteiger partial charge in [0, 0.05) is 12.5 Å². The number of benzene rings is 1. The Labute approximate surface area is 215 Å². The molecule has 0 aromatic heterocycles. The molecule has 0 saturated carbocycles. The zero-order valence-corrected chi connectivity index (χ0v) is 23.7. The number of rotatable bonds is 13. The third-order valence-electron chi connectivity index (χ3n) is 7.86. The van der Waals surface area contributed by atoms with Gasteiger partial charge in [-0.1, -0.05) is 72.6 Å². The second-order valence-electron chi connectivity index (χ2n) is 11.9. The minimum atomic E-state index is -0.395. The van der Waals surface area contributed by atoms with Gasteiger partial charge in [-0.25, -0.2) is 4.85 Å². The maximum Gasteiger partial charge on any atom is 0.306 e. The number of carbonyl (C=O) groups is 1. The van der Waals surface area contributed by atoms with Crippen LogP contribution in [0.4, 0.5) is 5.69 Å². The molecule has 1 aromatic rings. The van der Waals surface area contributed by atoms with E-state index in [1.807, 2.05) is 13.8 Å². The fourth-order valence-corrected chi connectivity index (χ4v) is 5.50. The molecule has 35 heavy (non-hydrogen) atoms. The molecule has 0 amide bonds. The molecule has 0 aliphatic carbocycles. The molecule has 1 aliphatic rings. The normalized spacial score (nSPS) is 19.0. The summed E-state index contributed by atoms with van der Waals surface area (Å²) in [6, 6.07) is 0. The van der Waals surface area contributed by atoms with Crippen molar-refractivity contribution < 1.29 is 14.3 Å². The van der Waals surface area contributed by atoms with Crippen molar-refractivity contribution in [3.05, 3.63) is 28.1 Å². The first kappa shape index (κ1) is 29.2. The topological polar surface area (TPSA) is 39.9 Å². The summed E-state index contributed by atoms with van der Waals surface area (Å²) in [6.07, 6.45) is 13.4. The Morgan fingerprint density at radius 3 is 2.11 bits per heavy atom. The van der Waals surface area contributed by atoms with E-state index in [1.54, 1.807) is 0 Å². The van der Waals surface area contributed by atoms with Crippen LogP contribution in [0.1, 0.15) is 122 Å². The number of hydrogen-bond donors (Lipinski definition) is 0. The second-order valence-corrected chi connectivity index (χ2v) is 11.9. The highest BCUT2D eigenvalue weighted by atomic mass is 16.5. The summed E-state index contributed by atoms with van der Waals surface area (Å²) in [5.74, 6) is 3.27. The van der Waals surface area contributed by atoms with Crippen molar-refractivity contribution in [1.29, 1.82) is 0 Å². The maximum absolute atomic E-state index is 11.6. The van der Waals surface area contributed by atoms with Crippen molar-refractivity contribution in [2.24, 2.45) is 17.8 Å². The average Bonchev–Trinajstić information content (AvgIpc) is 2.77. The predicted octanol–water partition coefficient (Wildman–Crippen LogP) is 9.30. The number of fused-ring (bicyclic) bond motifs is 1. The van der Waals surface area contributed by atoms with Crippen LogP contribution in [0.25, 0.3) is 4.85 Å². The van der Waals surface area contributed by atoms with Crippen LogP contribution >= 0.6 is 0 Å². The molecular weight excluding hydrogens is 434 g/mol. The SMILES string of the molecule is [C-]#[N+]c1c(C)c2c(c(C)c1OC(C)=O)CCC(C)(CCCC(C)CCCC(C)CCCC(C)C)O2. The smallest absolute Gasteiger partial charge is 0.306 e. The largest absolute Gasteiger partial charge is 0.488 e. The highest BCUT2D eigenvalue weighted by Gasteiger charge is 2.35. The van der Waals surface area contributed by atoms with Crippen molar-refractivity contribution in [2.75, 3.05) is 0 Å². The number of carbonyl (C=O) groups excluding carboxylic acids is 1. The van der Waals surface area contributed by atoms with Crippen LogP contribution in [0, 0.1) is 38.2 Å². The molecular formula is C31H49NO3. The van der Waals surface area contributed by atoms with E-state index in [2.05, 4.69) is 39.5 Å². The third-order valence-corrected chi connectivity index (χ3v) is 7.86. The maximum atomic E-state index is 11.6. The number of ether oxygens (including phenoxy) is 2. The van der Waals surface area contributed by atoms with E-state index in [-0.39, 0.29) is 5.60 Å². The minimum absolute atomic E-state index is 0.211. The summed E-state index contributed by atoms with van der Waals surface area (Å²) >= 11 is 0. The van der Waals surface area contributed by atoms with Gasteiger partial charge >= 0.3 is 5.97 Å². The van der Waals surface area contributed by atoms with Crippen LogP contribution in [0.3, 0.4) is 0 Å². The summed E-state index contributed by atoms with van der Waals surface area (Å²) in [6.45, 7) is 24.5. The fraction of sp³-hybridized carbons (Fsp3) is 0.742. The molecule has 0 N–H and O–H groups in total. The highest BCUT2D eigenvalue weighted by Crippen LogP contribution is 2.48. The molecule has 4 heteroatoms. The van der Waals surface area contributed by atoms with Gasteiger partial charge < -0.3 is 9.47 Å². The lowest BCUT2D eigenvalue weighted by atomic mass is 9.84. The molecule has 0 saturated heterocycles. The lowest BCUT2D eigenvalue weighted by Crippen LogP contribution is -2.37. The third kappa shape index (κ3) is 8.55. The van der Waals surface area contributed by atoms with E-state index in [0.717, 1.165) is 65.9 Å². The first-order valence-electron chi connectivity index (χ1n) is 13.9. The monoisotopic (exact) mass is 483 g/mol. The van der Waals surface area contributed by atoms with Gasteiger partial charge in [-0.3, -0.25) is 4.79 Å². The van der Waals surface area contributed by atoms with Gasteiger partial charge in [-0.05, 0) is 75.3 Å². The number of hydrogen-bond acceptors (Lipinski definition) is 3. The highest BCUT2D eigenvalue weighted by molar-refractivity contribution is 5.79. The zero-order valence-electron chi connectivity index (χ0n) is 23.7. The summed E-state index contributed by atoms with van der Waals surface area (Å²) in [5.41, 5.74) is 2.92. The summed E-state index contributed by atoms with van der Waals surface area (Å²) in [7, 11) is 0. The van der Waals surface area contributed by atoms with E-state index in [4.69, 9.17) is 16.0 Å². The predicted molar refractivity (Wildman–Crippen MR) is 146 cm³/mol. The van der Waals surface area contributed by atoms with Crippen LogP contribution in [0.5, 0.6) is 11.5 Å². The Balaban J connectivity index is 1.87. The van der Waals surface area contributed by atoms with Crippen molar-refractivity contribution >= 4 is 11.7 Å². The van der Waals surface area contributed by atoms with E-state index >= 15 is 0 Å². The fourth-order valence-electron chi connectivity index (χ4n) is 5.50. The molecule has 2 rings (SSSR count). The standard InChI is InChI=1S/C31H49NO3/c1-21(2)13-10-14-22(3)15-11-16-23(4)17-12-19-31(8)20-18-27-24(5)30(34-26(7)33)28(32-9)25(6)29(27)35-31/h21-23H,10-20H2,1-8H3. The van der Waals surface area contributed by atoms with Gasteiger partial charge in [0.2, 0.25) is 5.69 Å². The second kappa shape index (κ2) is 13.3. The molecule has 196 valence electrons. The van der Waals surface area contributed by atoms with Crippen LogP contribution in [0.15, 0.2) is 0 Å². The Morgan fingerprint density at radius 1 is 1.00 bits per heavy atom. The van der Waals surface area contributed by atoms with E-state index in [9.17, 15) is 4.79 Å². The van der Waals surface area contributed by atoms with Crippen molar-refractivity contribution in [2.45, 2.75) is 132 Å². The van der Waals surface area contributed by atoms with Crippen LogP contribution in [-0.2, 0) is 11.2 Å². The first-order chi connectivity index (χ1) is 16.5. The van der Waals surface area contributed by atoms with Gasteiger partial charge in [0.25, 0.3) is 0 Å². The molecule has 3 unspecified atom stereocenters. The summed E-state index contributed by atoms with van der Waals surface area (Å²) in [5, 5.41) is 0. The molecule has 1 heterocycles. The van der Waals surface area contributed by atoms with Gasteiger partial charge in [0.1, 0.15) is 17.1 Å². The number of esters is 1. The molecule has 4 nitrogen and oxygen atoms in total. The average molecular weight is 484 g/mol. The van der Waals surface area contributed by atoms with E-state index in [1.165, 1.54) is 51.9 Å². The van der Waals surface area contributed by atoms with Crippen molar-refractivity contribution in [3.63, 3.8) is 0 Å². The van der Waals surface area contributed by atoms with Crippen molar-refractivity contribution in [1.82, 2.24) is 0 Å². The lowest BCUT2D eigenvalue weighted by Gasteiger charge is -2.38. The summed E-state index contributed by atoms with van der Waals surface area (Å²) in [4.78, 5) is 15.3. The van der Waals surface area contributed by atoms with Crippen LogP contribution < -0.4 is 9.47 Å². The summed E-state index contributed by atoms with van der Waals surface area (Å²) < 4.78 is 12.0. The van der Waals surface area contributed by atoms with Crippen LogP contribution in [0.2, 0.25) is 0 Å². The minimum Gasteiger partial charge on any atom is -0.488 e. The van der Waals surface area contributed by atoms with E-state index < -0.39 is 5.97 Å². The molecule has 0 spiro atoms. The van der Waals surface area contributed by atoms with Gasteiger partial charge in [-0.2, -0.15) is 0 Å². The Kier molecular flexibility index (Phi) is 11.1. The van der Waals surface area contributed by atoms with E-state index in [0.29, 0.717) is 11.4 Å². The van der Waals surface area contributed by atoms with Gasteiger partial charge in [0.05, 0.1) is 6.57 Å². The molecule has 3 atom stereocenters. The Morgan fingerprint density at radius 2 is 1.57 bits per heavy atom. The molecule has 0 bridgehead atoms. The van der Waals surface area contributed by atoms with Gasteiger partial charge in [0.15, 0.2) is 0 Å². The van der Waals surface area contributed by atoms with Gasteiger partial charge in [-0.15, -0.1) is 0 Å². The van der Waals surface area contributed by atoms with Crippen LogP contribution in [-0.4, -0.2) is 11.6 Å². The Bertz CT molecular complexity index is 894. The lowest BCUT2D eigenvalue weighted by molar-refractivity contribution is -0.131. The zero-order chi connectivity index (χ0) is 26.2. The molecule has 1 aromatic carbocycles. The molecule has 0 fully saturated rings. The first-order valence-corrected chi connectivity index (χ1v) is 13.9. The Hall–Kier alpha value is -2.02. The number of nitrogens with zero attached hydrogens (tertiary/aromatic N) is 1.